The molecule has 16 heavy (non-hydrogen) atoms. The van der Waals surface area contributed by atoms with Crippen LogP contribution >= 0.6 is 11.8 Å². The SMILES string of the molecule is CSC1(CNC(=O)C(N)C(C)(C)C)CCC1. The first-order valence-electron chi connectivity index (χ1n) is 5.89. The Balaban J connectivity index is 2.41. The summed E-state index contributed by atoms with van der Waals surface area (Å²) in [7, 11) is 0. The second kappa shape index (κ2) is 4.96. The van der Waals surface area contributed by atoms with E-state index < -0.39 is 6.04 Å². The van der Waals surface area contributed by atoms with Crippen LogP contribution in [0, 0.1) is 5.41 Å². The van der Waals surface area contributed by atoms with Crippen LogP contribution in [0.3, 0.4) is 0 Å². The molecule has 0 heterocycles. The molecule has 0 aromatic heterocycles. The molecule has 3 N–H and O–H groups in total. The lowest BCUT2D eigenvalue weighted by Crippen LogP contribution is -2.53. The first kappa shape index (κ1) is 13.8. The molecule has 1 atom stereocenters. The van der Waals surface area contributed by atoms with Crippen LogP contribution in [-0.2, 0) is 4.79 Å². The van der Waals surface area contributed by atoms with Crippen molar-refractivity contribution in [2.45, 2.75) is 50.8 Å². The summed E-state index contributed by atoms with van der Waals surface area (Å²) in [6.45, 7) is 6.73. The van der Waals surface area contributed by atoms with E-state index in [9.17, 15) is 4.79 Å². The zero-order valence-electron chi connectivity index (χ0n) is 10.8. The number of amides is 1. The molecule has 1 amide bonds. The number of nitrogens with two attached hydrogens (primary N) is 1. The largest absolute Gasteiger partial charge is 0.353 e. The van der Waals surface area contributed by atoms with Gasteiger partial charge in [-0.3, -0.25) is 4.79 Å². The van der Waals surface area contributed by atoms with Crippen molar-refractivity contribution in [2.24, 2.45) is 11.1 Å². The Labute approximate surface area is 103 Å². The lowest BCUT2D eigenvalue weighted by Gasteiger charge is -2.41. The lowest BCUT2D eigenvalue weighted by molar-refractivity contribution is -0.124. The van der Waals surface area contributed by atoms with E-state index in [0.29, 0.717) is 0 Å². The van der Waals surface area contributed by atoms with Crippen LogP contribution in [0.25, 0.3) is 0 Å². The Morgan fingerprint density at radius 2 is 2.06 bits per heavy atom. The van der Waals surface area contributed by atoms with Gasteiger partial charge in [0.2, 0.25) is 5.91 Å². The van der Waals surface area contributed by atoms with E-state index in [1.165, 1.54) is 19.3 Å². The van der Waals surface area contributed by atoms with Crippen LogP contribution < -0.4 is 11.1 Å². The maximum atomic E-state index is 11.8. The van der Waals surface area contributed by atoms with Gasteiger partial charge in [0.05, 0.1) is 6.04 Å². The van der Waals surface area contributed by atoms with E-state index in [0.717, 1.165) is 6.54 Å². The fourth-order valence-corrected chi connectivity index (χ4v) is 2.69. The van der Waals surface area contributed by atoms with Gasteiger partial charge in [-0.1, -0.05) is 27.2 Å². The second-order valence-corrected chi connectivity index (χ2v) is 7.08. The standard InChI is InChI=1S/C12H24N2OS/c1-11(2,3)9(13)10(15)14-8-12(16-4)6-5-7-12/h9H,5-8,13H2,1-4H3,(H,14,15). The van der Waals surface area contributed by atoms with Gasteiger partial charge in [0.15, 0.2) is 0 Å². The van der Waals surface area contributed by atoms with E-state index in [-0.39, 0.29) is 16.1 Å². The molecule has 0 bridgehead atoms. The number of nitrogens with one attached hydrogen (secondary N) is 1. The third-order valence-corrected chi connectivity index (χ3v) is 4.92. The first-order valence-corrected chi connectivity index (χ1v) is 7.12. The van der Waals surface area contributed by atoms with E-state index in [1.807, 2.05) is 32.5 Å². The van der Waals surface area contributed by atoms with Crippen molar-refractivity contribution in [2.75, 3.05) is 12.8 Å². The Hall–Kier alpha value is -0.220. The van der Waals surface area contributed by atoms with Crippen molar-refractivity contribution in [3.63, 3.8) is 0 Å². The summed E-state index contributed by atoms with van der Waals surface area (Å²) in [6, 6.07) is -0.425. The number of hydrogen-bond donors (Lipinski definition) is 2. The predicted molar refractivity (Wildman–Crippen MR) is 70.5 cm³/mol. The molecule has 94 valence electrons. The van der Waals surface area contributed by atoms with E-state index in [2.05, 4.69) is 11.6 Å². The van der Waals surface area contributed by atoms with Crippen LogP contribution in [0.2, 0.25) is 0 Å². The molecule has 0 saturated heterocycles. The summed E-state index contributed by atoms with van der Waals surface area (Å²) in [5, 5.41) is 3.00. The van der Waals surface area contributed by atoms with Crippen molar-refractivity contribution in [3.8, 4) is 0 Å². The molecule has 1 aliphatic rings. The average Bonchev–Trinajstić information content (AvgIpc) is 2.14. The molecular formula is C12H24N2OS. The van der Waals surface area contributed by atoms with Gasteiger partial charge in [0, 0.05) is 11.3 Å². The third kappa shape index (κ3) is 3.14. The van der Waals surface area contributed by atoms with E-state index >= 15 is 0 Å². The number of thioether (sulfide) groups is 1. The Bertz CT molecular complexity index is 251. The van der Waals surface area contributed by atoms with Crippen LogP contribution in [0.5, 0.6) is 0 Å². The number of rotatable bonds is 4. The fraction of sp³-hybridized carbons (Fsp3) is 0.917. The van der Waals surface area contributed by atoms with Crippen molar-refractivity contribution >= 4 is 17.7 Å². The molecule has 1 saturated carbocycles. The monoisotopic (exact) mass is 244 g/mol. The molecule has 1 aliphatic carbocycles. The zero-order chi connectivity index (χ0) is 12.4. The number of carbonyl (C=O) groups is 1. The molecule has 0 spiro atoms. The van der Waals surface area contributed by atoms with E-state index in [4.69, 9.17) is 5.73 Å². The second-order valence-electron chi connectivity index (χ2n) is 5.80. The van der Waals surface area contributed by atoms with Crippen molar-refractivity contribution < 1.29 is 4.79 Å². The number of carbonyl (C=O) groups excluding carboxylic acids is 1. The summed E-state index contributed by atoms with van der Waals surface area (Å²) in [5.41, 5.74) is 5.74. The maximum Gasteiger partial charge on any atom is 0.237 e. The summed E-state index contributed by atoms with van der Waals surface area (Å²) < 4.78 is 0.285. The molecule has 1 fully saturated rings. The predicted octanol–water partition coefficient (Wildman–Crippen LogP) is 1.76. The minimum absolute atomic E-state index is 0.0205. The molecule has 1 unspecified atom stereocenters. The summed E-state index contributed by atoms with van der Waals surface area (Å²) in [6.07, 6.45) is 5.81. The highest BCUT2D eigenvalue weighted by Gasteiger charge is 2.37. The quantitative estimate of drug-likeness (QED) is 0.792. The molecule has 0 aromatic carbocycles. The zero-order valence-corrected chi connectivity index (χ0v) is 11.6. The molecule has 0 aromatic rings. The van der Waals surface area contributed by atoms with Gasteiger partial charge >= 0.3 is 0 Å². The Kier molecular flexibility index (Phi) is 4.29. The van der Waals surface area contributed by atoms with Gasteiger partial charge in [0.25, 0.3) is 0 Å². The minimum Gasteiger partial charge on any atom is -0.353 e. The van der Waals surface area contributed by atoms with Gasteiger partial charge in [0.1, 0.15) is 0 Å². The van der Waals surface area contributed by atoms with Gasteiger partial charge in [-0.25, -0.2) is 0 Å². The minimum atomic E-state index is -0.425. The molecule has 3 nitrogen and oxygen atoms in total. The normalized spacial score (nSPS) is 21.1. The summed E-state index contributed by atoms with van der Waals surface area (Å²) in [5.74, 6) is -0.0205. The molecular weight excluding hydrogens is 220 g/mol. The van der Waals surface area contributed by atoms with Gasteiger partial charge in [-0.05, 0) is 24.5 Å². The average molecular weight is 244 g/mol. The number of hydrogen-bond acceptors (Lipinski definition) is 3. The highest BCUT2D eigenvalue weighted by molar-refractivity contribution is 8.00. The maximum absolute atomic E-state index is 11.8. The van der Waals surface area contributed by atoms with Gasteiger partial charge in [-0.15, -0.1) is 0 Å². The van der Waals surface area contributed by atoms with Crippen LogP contribution in [0.4, 0.5) is 0 Å². The van der Waals surface area contributed by atoms with Crippen molar-refractivity contribution in [3.05, 3.63) is 0 Å². The fourth-order valence-electron chi connectivity index (χ4n) is 1.78. The highest BCUT2D eigenvalue weighted by Crippen LogP contribution is 2.42. The molecule has 4 heteroatoms. The van der Waals surface area contributed by atoms with Gasteiger partial charge < -0.3 is 11.1 Å². The highest BCUT2D eigenvalue weighted by atomic mass is 32.2. The summed E-state index contributed by atoms with van der Waals surface area (Å²) >= 11 is 1.86. The Morgan fingerprint density at radius 1 is 1.50 bits per heavy atom. The van der Waals surface area contributed by atoms with Crippen LogP contribution in [0.15, 0.2) is 0 Å². The van der Waals surface area contributed by atoms with E-state index in [1.54, 1.807) is 0 Å². The molecule has 1 rings (SSSR count). The molecule has 0 radical (unpaired) electrons. The van der Waals surface area contributed by atoms with Crippen molar-refractivity contribution in [1.29, 1.82) is 0 Å². The first-order chi connectivity index (χ1) is 7.31. The summed E-state index contributed by atoms with van der Waals surface area (Å²) in [4.78, 5) is 11.8. The lowest BCUT2D eigenvalue weighted by atomic mass is 9.83. The van der Waals surface area contributed by atoms with Crippen LogP contribution in [0.1, 0.15) is 40.0 Å². The topological polar surface area (TPSA) is 55.1 Å². The smallest absolute Gasteiger partial charge is 0.237 e. The Morgan fingerprint density at radius 3 is 2.38 bits per heavy atom. The molecule has 0 aliphatic heterocycles. The van der Waals surface area contributed by atoms with Gasteiger partial charge in [-0.2, -0.15) is 11.8 Å². The third-order valence-electron chi connectivity index (χ3n) is 3.50. The van der Waals surface area contributed by atoms with Crippen molar-refractivity contribution in [1.82, 2.24) is 5.32 Å². The van der Waals surface area contributed by atoms with Crippen LogP contribution in [-0.4, -0.2) is 29.5 Å².